The SMILES string of the molecule is CC(C)COC(=O)NC(CC(C)C)C(=O)NC(Cc1ccccc1)C(=O)CSCc1ccco1. The van der Waals surface area contributed by atoms with E-state index in [0.717, 1.165) is 11.3 Å². The molecule has 0 aliphatic carbocycles. The number of ether oxygens (including phenoxy) is 1. The van der Waals surface area contributed by atoms with Crippen molar-refractivity contribution < 1.29 is 23.5 Å². The lowest BCUT2D eigenvalue weighted by atomic mass is 10.00. The van der Waals surface area contributed by atoms with Crippen LogP contribution in [0, 0.1) is 11.8 Å². The van der Waals surface area contributed by atoms with Gasteiger partial charge in [0.25, 0.3) is 0 Å². The van der Waals surface area contributed by atoms with E-state index in [1.54, 1.807) is 6.26 Å². The molecule has 0 aliphatic rings. The molecular weight excluding hydrogens is 452 g/mol. The zero-order valence-corrected chi connectivity index (χ0v) is 21.2. The summed E-state index contributed by atoms with van der Waals surface area (Å²) in [4.78, 5) is 38.5. The summed E-state index contributed by atoms with van der Waals surface area (Å²) in [5.41, 5.74) is 0.946. The molecule has 2 amide bonds. The predicted octanol–water partition coefficient (Wildman–Crippen LogP) is 4.61. The van der Waals surface area contributed by atoms with Crippen LogP contribution < -0.4 is 10.6 Å². The fourth-order valence-electron chi connectivity index (χ4n) is 3.24. The highest BCUT2D eigenvalue weighted by molar-refractivity contribution is 7.99. The molecule has 1 aromatic heterocycles. The lowest BCUT2D eigenvalue weighted by Gasteiger charge is -2.24. The zero-order chi connectivity index (χ0) is 24.9. The van der Waals surface area contributed by atoms with E-state index < -0.39 is 18.2 Å². The number of Topliss-reactive ketones (excluding diaryl/α,β-unsaturated/α-hetero) is 1. The number of furan rings is 1. The largest absolute Gasteiger partial charge is 0.468 e. The fraction of sp³-hybridized carbons (Fsp3) is 0.500. The Hall–Kier alpha value is -2.74. The number of nitrogens with one attached hydrogen (secondary N) is 2. The van der Waals surface area contributed by atoms with Crippen molar-refractivity contribution in [1.82, 2.24) is 10.6 Å². The van der Waals surface area contributed by atoms with E-state index in [4.69, 9.17) is 9.15 Å². The van der Waals surface area contributed by atoms with Crippen LogP contribution in [0.15, 0.2) is 53.1 Å². The lowest BCUT2D eigenvalue weighted by molar-refractivity contribution is -0.128. The number of alkyl carbamates (subject to hydrolysis) is 1. The van der Waals surface area contributed by atoms with Crippen LogP contribution in [0.4, 0.5) is 4.79 Å². The van der Waals surface area contributed by atoms with E-state index in [1.807, 2.05) is 70.2 Å². The molecule has 0 radical (unpaired) electrons. The Bertz CT molecular complexity index is 884. The molecule has 2 rings (SSSR count). The Morgan fingerprint density at radius 2 is 1.68 bits per heavy atom. The average Bonchev–Trinajstić information content (AvgIpc) is 3.30. The maximum atomic E-state index is 13.2. The van der Waals surface area contributed by atoms with Crippen molar-refractivity contribution in [2.24, 2.45) is 11.8 Å². The molecule has 1 heterocycles. The van der Waals surface area contributed by atoms with E-state index in [2.05, 4.69) is 10.6 Å². The molecule has 0 aliphatic heterocycles. The highest BCUT2D eigenvalue weighted by Gasteiger charge is 2.28. The summed E-state index contributed by atoms with van der Waals surface area (Å²) in [5, 5.41) is 5.56. The van der Waals surface area contributed by atoms with Gasteiger partial charge in [-0.3, -0.25) is 9.59 Å². The van der Waals surface area contributed by atoms with Crippen molar-refractivity contribution in [2.45, 2.75) is 58.4 Å². The number of rotatable bonds is 14. The molecular formula is C26H36N2O5S. The molecule has 2 atom stereocenters. The second-order valence-electron chi connectivity index (χ2n) is 9.11. The van der Waals surface area contributed by atoms with Gasteiger partial charge in [0, 0.05) is 0 Å². The van der Waals surface area contributed by atoms with Crippen LogP contribution >= 0.6 is 11.8 Å². The van der Waals surface area contributed by atoms with Crippen LogP contribution in [0.5, 0.6) is 0 Å². The second kappa shape index (κ2) is 14.5. The summed E-state index contributed by atoms with van der Waals surface area (Å²) in [6.45, 7) is 8.09. The summed E-state index contributed by atoms with van der Waals surface area (Å²) >= 11 is 1.44. The molecule has 7 nitrogen and oxygen atoms in total. The number of hydrogen-bond acceptors (Lipinski definition) is 6. The molecule has 0 bridgehead atoms. The Kier molecular flexibility index (Phi) is 11.7. The van der Waals surface area contributed by atoms with Crippen molar-refractivity contribution >= 4 is 29.5 Å². The minimum absolute atomic E-state index is 0.0839. The van der Waals surface area contributed by atoms with Gasteiger partial charge in [-0.1, -0.05) is 58.0 Å². The van der Waals surface area contributed by atoms with E-state index in [-0.39, 0.29) is 35.9 Å². The van der Waals surface area contributed by atoms with Crippen molar-refractivity contribution in [3.63, 3.8) is 0 Å². The van der Waals surface area contributed by atoms with Crippen molar-refractivity contribution in [3.05, 3.63) is 60.1 Å². The highest BCUT2D eigenvalue weighted by Crippen LogP contribution is 2.15. The van der Waals surface area contributed by atoms with Crippen molar-refractivity contribution in [1.29, 1.82) is 0 Å². The van der Waals surface area contributed by atoms with Crippen LogP contribution in [-0.4, -0.2) is 42.2 Å². The van der Waals surface area contributed by atoms with E-state index in [0.29, 0.717) is 18.6 Å². The average molecular weight is 489 g/mol. The van der Waals surface area contributed by atoms with Crippen LogP contribution in [0.25, 0.3) is 0 Å². The monoisotopic (exact) mass is 488 g/mol. The molecule has 1 aromatic carbocycles. The summed E-state index contributed by atoms with van der Waals surface area (Å²) in [5.74, 6) is 1.48. The normalized spacial score (nSPS) is 12.9. The molecule has 0 saturated heterocycles. The highest BCUT2D eigenvalue weighted by atomic mass is 32.2. The van der Waals surface area contributed by atoms with Crippen LogP contribution in [0.3, 0.4) is 0 Å². The first kappa shape index (κ1) is 27.5. The summed E-state index contributed by atoms with van der Waals surface area (Å²) in [6, 6.07) is 11.7. The molecule has 34 heavy (non-hydrogen) atoms. The maximum Gasteiger partial charge on any atom is 0.407 e. The minimum Gasteiger partial charge on any atom is -0.468 e. The van der Waals surface area contributed by atoms with Crippen molar-refractivity contribution in [2.75, 3.05) is 12.4 Å². The first-order chi connectivity index (χ1) is 16.2. The van der Waals surface area contributed by atoms with Gasteiger partial charge in [0.15, 0.2) is 5.78 Å². The number of amides is 2. The minimum atomic E-state index is -0.790. The molecule has 0 spiro atoms. The third kappa shape index (κ3) is 10.5. The van der Waals surface area contributed by atoms with Gasteiger partial charge in [-0.15, -0.1) is 11.8 Å². The zero-order valence-electron chi connectivity index (χ0n) is 20.4. The standard InChI is InChI=1S/C26H36N2O5S/c1-18(2)13-23(28-26(31)33-15-19(3)4)25(30)27-22(14-20-9-6-5-7-10-20)24(29)17-34-16-21-11-8-12-32-21/h5-12,18-19,22-23H,13-17H2,1-4H3,(H,27,30)(H,28,31). The third-order valence-electron chi connectivity index (χ3n) is 4.92. The summed E-state index contributed by atoms with van der Waals surface area (Å²) in [7, 11) is 0. The molecule has 186 valence electrons. The van der Waals surface area contributed by atoms with Gasteiger partial charge in [-0.05, 0) is 42.4 Å². The summed E-state index contributed by atoms with van der Waals surface area (Å²) in [6.07, 6.45) is 1.78. The number of ketones is 1. The Labute approximate surface area is 206 Å². The van der Waals surface area contributed by atoms with Gasteiger partial charge in [0.2, 0.25) is 5.91 Å². The maximum absolute atomic E-state index is 13.2. The summed E-state index contributed by atoms with van der Waals surface area (Å²) < 4.78 is 10.5. The molecule has 2 unspecified atom stereocenters. The van der Waals surface area contributed by atoms with Crippen LogP contribution in [0.1, 0.15) is 45.4 Å². The Morgan fingerprint density at radius 1 is 0.941 bits per heavy atom. The Morgan fingerprint density at radius 3 is 2.29 bits per heavy atom. The first-order valence-electron chi connectivity index (χ1n) is 11.6. The fourth-order valence-corrected chi connectivity index (χ4v) is 4.11. The third-order valence-corrected chi connectivity index (χ3v) is 5.90. The van der Waals surface area contributed by atoms with Gasteiger partial charge in [0.05, 0.1) is 30.4 Å². The second-order valence-corrected chi connectivity index (χ2v) is 10.1. The molecule has 2 aromatic rings. The predicted molar refractivity (Wildman–Crippen MR) is 135 cm³/mol. The molecule has 0 saturated carbocycles. The van der Waals surface area contributed by atoms with Gasteiger partial charge in [-0.2, -0.15) is 0 Å². The van der Waals surface area contributed by atoms with Gasteiger partial charge in [-0.25, -0.2) is 4.79 Å². The molecule has 8 heteroatoms. The van der Waals surface area contributed by atoms with Crippen LogP contribution in [-0.2, 0) is 26.5 Å². The number of carbonyl (C=O) groups excluding carboxylic acids is 3. The van der Waals surface area contributed by atoms with Crippen LogP contribution in [0.2, 0.25) is 0 Å². The molecule has 2 N–H and O–H groups in total. The number of benzene rings is 1. The van der Waals surface area contributed by atoms with Crippen molar-refractivity contribution in [3.8, 4) is 0 Å². The number of carbonyl (C=O) groups is 3. The molecule has 0 fully saturated rings. The Balaban J connectivity index is 2.06. The van der Waals surface area contributed by atoms with Gasteiger partial charge >= 0.3 is 6.09 Å². The van der Waals surface area contributed by atoms with E-state index >= 15 is 0 Å². The quantitative estimate of drug-likeness (QED) is 0.403. The van der Waals surface area contributed by atoms with Gasteiger partial charge in [0.1, 0.15) is 11.8 Å². The first-order valence-corrected chi connectivity index (χ1v) is 12.8. The van der Waals surface area contributed by atoms with E-state index in [1.165, 1.54) is 11.8 Å². The lowest BCUT2D eigenvalue weighted by Crippen LogP contribution is -2.53. The van der Waals surface area contributed by atoms with Gasteiger partial charge < -0.3 is 19.8 Å². The number of thioether (sulfide) groups is 1. The smallest absolute Gasteiger partial charge is 0.407 e. The van der Waals surface area contributed by atoms with E-state index in [9.17, 15) is 14.4 Å². The number of hydrogen-bond donors (Lipinski definition) is 2. The topological polar surface area (TPSA) is 97.6 Å².